The second-order valence-corrected chi connectivity index (χ2v) is 11.5. The van der Waals surface area contributed by atoms with Gasteiger partial charge in [-0.3, -0.25) is 0 Å². The van der Waals surface area contributed by atoms with Crippen LogP contribution >= 0.6 is 0 Å². The minimum atomic E-state index is 0.236. The molecule has 0 bridgehead atoms. The molecule has 4 nitrogen and oxygen atoms in total. The van der Waals surface area contributed by atoms with Gasteiger partial charge in [0.25, 0.3) is 0 Å². The molecular weight excluding hydrogens is 544 g/mol. The van der Waals surface area contributed by atoms with Gasteiger partial charge < -0.3 is 19.7 Å². The van der Waals surface area contributed by atoms with Crippen molar-refractivity contribution in [2.45, 2.75) is 65.2 Å². The molecule has 0 radical (unpaired) electrons. The monoisotopic (exact) mass is 588 g/mol. The minimum absolute atomic E-state index is 0.236. The smallest absolute Gasteiger partial charge is 0.119 e. The molecule has 0 amide bonds. The summed E-state index contributed by atoms with van der Waals surface area (Å²) in [5.41, 5.74) is 8.73. The Balaban J connectivity index is 1.50. The largest absolute Gasteiger partial charge is 0.508 e. The molecule has 4 aromatic carbocycles. The van der Waals surface area contributed by atoms with Crippen molar-refractivity contribution in [3.8, 4) is 23.0 Å². The van der Waals surface area contributed by atoms with Gasteiger partial charge in [-0.15, -0.1) is 0 Å². The van der Waals surface area contributed by atoms with Crippen molar-refractivity contribution in [2.75, 3.05) is 13.2 Å². The lowest BCUT2D eigenvalue weighted by atomic mass is 9.69. The lowest BCUT2D eigenvalue weighted by Crippen LogP contribution is -2.10. The van der Waals surface area contributed by atoms with Crippen molar-refractivity contribution in [1.29, 1.82) is 0 Å². The van der Waals surface area contributed by atoms with Crippen molar-refractivity contribution < 1.29 is 19.7 Å². The van der Waals surface area contributed by atoms with Gasteiger partial charge in [0.2, 0.25) is 0 Å². The van der Waals surface area contributed by atoms with E-state index in [0.29, 0.717) is 0 Å². The lowest BCUT2D eigenvalue weighted by Gasteiger charge is -2.33. The SMILES string of the molecule is CCCCCCOc1ccc(C2=C(c3ccc(O)cc3)C(c3ccc(OCCCCCC)cc3)=C2c2ccc(O)cc2)cc1. The van der Waals surface area contributed by atoms with Crippen LogP contribution in [-0.2, 0) is 0 Å². The fraction of sp³-hybridized carbons (Fsp3) is 0.300. The molecule has 44 heavy (non-hydrogen) atoms. The van der Waals surface area contributed by atoms with Gasteiger partial charge in [0.1, 0.15) is 23.0 Å². The van der Waals surface area contributed by atoms with Gasteiger partial charge in [-0.05, 0) is 106 Å². The molecule has 0 saturated carbocycles. The Morgan fingerprint density at radius 1 is 0.386 bits per heavy atom. The van der Waals surface area contributed by atoms with Crippen LogP contribution in [-0.4, -0.2) is 23.4 Å². The quantitative estimate of drug-likeness (QED) is 0.128. The van der Waals surface area contributed by atoms with E-state index in [1.54, 1.807) is 24.3 Å². The molecule has 4 aromatic rings. The Morgan fingerprint density at radius 2 is 0.682 bits per heavy atom. The number of ether oxygens (including phenoxy) is 2. The summed E-state index contributed by atoms with van der Waals surface area (Å²) in [7, 11) is 0. The number of phenols is 2. The van der Waals surface area contributed by atoms with E-state index in [4.69, 9.17) is 9.47 Å². The van der Waals surface area contributed by atoms with Crippen molar-refractivity contribution in [1.82, 2.24) is 0 Å². The highest BCUT2D eigenvalue weighted by Gasteiger charge is 2.33. The first kappa shape index (κ1) is 31.0. The normalized spacial score (nSPS) is 12.8. The third-order valence-electron chi connectivity index (χ3n) is 8.13. The zero-order valence-corrected chi connectivity index (χ0v) is 26.0. The Morgan fingerprint density at radius 3 is 0.977 bits per heavy atom. The van der Waals surface area contributed by atoms with Crippen molar-refractivity contribution in [3.63, 3.8) is 0 Å². The first-order valence-corrected chi connectivity index (χ1v) is 16.1. The molecule has 0 aliphatic heterocycles. The van der Waals surface area contributed by atoms with E-state index >= 15 is 0 Å². The maximum absolute atomic E-state index is 10.1. The van der Waals surface area contributed by atoms with Crippen molar-refractivity contribution >= 4 is 22.3 Å². The maximum Gasteiger partial charge on any atom is 0.119 e. The molecule has 1 aliphatic rings. The van der Waals surface area contributed by atoms with Crippen LogP contribution in [0, 0.1) is 0 Å². The first-order chi connectivity index (χ1) is 21.6. The molecule has 4 heteroatoms. The Labute approximate surface area is 262 Å². The summed E-state index contributed by atoms with van der Waals surface area (Å²) in [6.07, 6.45) is 9.39. The molecule has 1 aliphatic carbocycles. The molecule has 0 aromatic heterocycles. The van der Waals surface area contributed by atoms with Crippen LogP contribution in [0.15, 0.2) is 97.1 Å². The van der Waals surface area contributed by atoms with Crippen molar-refractivity contribution in [2.24, 2.45) is 0 Å². The summed E-state index contributed by atoms with van der Waals surface area (Å²) in [6.45, 7) is 5.88. The molecule has 2 N–H and O–H groups in total. The van der Waals surface area contributed by atoms with Gasteiger partial charge in [-0.2, -0.15) is 0 Å². The molecule has 0 fully saturated rings. The fourth-order valence-corrected chi connectivity index (χ4v) is 5.72. The Hall–Kier alpha value is -4.44. The number of phenolic OH excluding ortho intramolecular Hbond substituents is 2. The van der Waals surface area contributed by atoms with E-state index in [2.05, 4.69) is 62.4 Å². The number of rotatable bonds is 16. The number of unbranched alkanes of at least 4 members (excludes halogenated alkanes) is 6. The highest BCUT2D eigenvalue weighted by molar-refractivity contribution is 6.43. The first-order valence-electron chi connectivity index (χ1n) is 16.1. The topological polar surface area (TPSA) is 58.9 Å². The fourth-order valence-electron chi connectivity index (χ4n) is 5.72. The van der Waals surface area contributed by atoms with Crippen LogP contribution in [0.2, 0.25) is 0 Å². The summed E-state index contributed by atoms with van der Waals surface area (Å²) in [5.74, 6) is 2.22. The van der Waals surface area contributed by atoms with Crippen LogP contribution in [0.25, 0.3) is 22.3 Å². The zero-order chi connectivity index (χ0) is 30.7. The highest BCUT2D eigenvalue weighted by atomic mass is 16.5. The van der Waals surface area contributed by atoms with E-state index in [1.807, 2.05) is 24.3 Å². The number of hydrogen-bond donors (Lipinski definition) is 2. The standard InChI is InChI=1S/C40H44O4/c1-3-5-7-9-27-43-35-23-15-31(16-24-35)39-37(29-11-19-33(41)20-12-29)40(38(39)30-13-21-34(42)22-14-30)32-17-25-36(26-18-32)44-28-10-8-6-4-2/h11-26,41-42H,3-10,27-28H2,1-2H3. The van der Waals surface area contributed by atoms with Gasteiger partial charge in [0.05, 0.1) is 13.2 Å². The average Bonchev–Trinajstić information content (AvgIpc) is 3.04. The number of benzene rings is 4. The highest BCUT2D eigenvalue weighted by Crippen LogP contribution is 2.56. The van der Waals surface area contributed by atoms with Gasteiger partial charge in [-0.25, -0.2) is 0 Å². The molecular formula is C40H44O4. The molecule has 0 unspecified atom stereocenters. The number of aromatic hydroxyl groups is 2. The summed E-state index contributed by atoms with van der Waals surface area (Å²) in [6, 6.07) is 31.6. The molecule has 228 valence electrons. The zero-order valence-electron chi connectivity index (χ0n) is 26.0. The predicted octanol–water partition coefficient (Wildman–Crippen LogP) is 10.6. The Bertz CT molecular complexity index is 1410. The molecule has 0 heterocycles. The van der Waals surface area contributed by atoms with E-state index in [-0.39, 0.29) is 11.5 Å². The second-order valence-electron chi connectivity index (χ2n) is 11.5. The van der Waals surface area contributed by atoms with Gasteiger partial charge in [0.15, 0.2) is 0 Å². The van der Waals surface area contributed by atoms with Crippen LogP contribution in [0.3, 0.4) is 0 Å². The summed E-state index contributed by atoms with van der Waals surface area (Å²) >= 11 is 0. The summed E-state index contributed by atoms with van der Waals surface area (Å²) in [4.78, 5) is 0. The number of allylic oxidation sites excluding steroid dienone is 4. The second kappa shape index (κ2) is 15.3. The molecule has 0 saturated heterocycles. The number of hydrogen-bond acceptors (Lipinski definition) is 4. The molecule has 5 rings (SSSR count). The van der Waals surface area contributed by atoms with Crippen LogP contribution < -0.4 is 9.47 Å². The van der Waals surface area contributed by atoms with E-state index in [9.17, 15) is 10.2 Å². The van der Waals surface area contributed by atoms with E-state index in [1.165, 1.54) is 38.5 Å². The van der Waals surface area contributed by atoms with Gasteiger partial charge >= 0.3 is 0 Å². The average molecular weight is 589 g/mol. The van der Waals surface area contributed by atoms with Crippen LogP contribution in [0.1, 0.15) is 87.5 Å². The van der Waals surface area contributed by atoms with Gasteiger partial charge in [-0.1, -0.05) is 101 Å². The third-order valence-corrected chi connectivity index (χ3v) is 8.13. The molecule has 0 spiro atoms. The van der Waals surface area contributed by atoms with E-state index < -0.39 is 0 Å². The summed E-state index contributed by atoms with van der Waals surface area (Å²) in [5, 5.41) is 20.1. The molecule has 0 atom stereocenters. The van der Waals surface area contributed by atoms with Crippen LogP contribution in [0.4, 0.5) is 0 Å². The predicted molar refractivity (Wildman–Crippen MR) is 182 cm³/mol. The summed E-state index contributed by atoms with van der Waals surface area (Å²) < 4.78 is 12.1. The van der Waals surface area contributed by atoms with E-state index in [0.717, 1.165) is 82.1 Å². The third kappa shape index (κ3) is 7.55. The van der Waals surface area contributed by atoms with Crippen LogP contribution in [0.5, 0.6) is 23.0 Å². The lowest BCUT2D eigenvalue weighted by molar-refractivity contribution is 0.305. The Kier molecular flexibility index (Phi) is 10.8. The van der Waals surface area contributed by atoms with Gasteiger partial charge in [0, 0.05) is 0 Å². The van der Waals surface area contributed by atoms with Crippen molar-refractivity contribution in [3.05, 3.63) is 119 Å². The minimum Gasteiger partial charge on any atom is -0.508 e. The maximum atomic E-state index is 10.1.